The highest BCUT2D eigenvalue weighted by Gasteiger charge is 2.22. The van der Waals surface area contributed by atoms with Crippen molar-refractivity contribution in [1.29, 1.82) is 0 Å². The minimum absolute atomic E-state index is 0.219. The Morgan fingerprint density at radius 2 is 1.60 bits per heavy atom. The lowest BCUT2D eigenvalue weighted by molar-refractivity contribution is -0.140. The van der Waals surface area contributed by atoms with Crippen molar-refractivity contribution in [3.63, 3.8) is 0 Å². The molecule has 0 bridgehead atoms. The van der Waals surface area contributed by atoms with Gasteiger partial charge in [-0.1, -0.05) is 50.1 Å². The van der Waals surface area contributed by atoms with E-state index < -0.39 is 36.3 Å². The van der Waals surface area contributed by atoms with E-state index in [4.69, 9.17) is 10.2 Å². The first-order chi connectivity index (χ1) is 16.7. The second-order valence-electron chi connectivity index (χ2n) is 7.69. The molecule has 0 radical (unpaired) electrons. The van der Waals surface area contributed by atoms with Crippen LogP contribution in [-0.4, -0.2) is 63.9 Å². The van der Waals surface area contributed by atoms with Crippen molar-refractivity contribution < 1.29 is 29.4 Å². The largest absolute Gasteiger partial charge is 0.481 e. The molecule has 3 amide bonds. The van der Waals surface area contributed by atoms with Crippen LogP contribution in [-0.2, 0) is 9.59 Å². The molecule has 2 rings (SSSR count). The number of hydrogen-bond donors (Lipinski definition) is 4. The molecule has 0 saturated heterocycles. The first-order valence-electron chi connectivity index (χ1n) is 10.8. The van der Waals surface area contributed by atoms with Crippen molar-refractivity contribution in [1.82, 2.24) is 10.6 Å². The predicted molar refractivity (Wildman–Crippen MR) is 141 cm³/mol. The molecule has 0 spiro atoms. The fraction of sp³-hybridized carbons (Fsp3) is 0.333. The number of alkyl halides is 2. The van der Waals surface area contributed by atoms with Gasteiger partial charge in [-0.05, 0) is 54.3 Å². The maximum atomic E-state index is 12.4. The summed E-state index contributed by atoms with van der Waals surface area (Å²) < 4.78 is 0. The Hall–Kier alpha value is -2.92. The standard InChI is InChI=1S/C24H27Br2N3O6/c1-15-14-18(29(12-10-25)13-11-26)6-7-19(15)16-2-4-17(5-3-16)22(32)28-24(35)27-20(23(33)34)8-9-21(30)31/h2-7,14,20H,8-13H2,1H3,(H,30,31)(H,33,34)(H2,27,28,32,35). The summed E-state index contributed by atoms with van der Waals surface area (Å²) in [6, 6.07) is 10.5. The summed E-state index contributed by atoms with van der Waals surface area (Å²) >= 11 is 6.98. The molecule has 9 nitrogen and oxygen atoms in total. The minimum atomic E-state index is -1.42. The summed E-state index contributed by atoms with van der Waals surface area (Å²) in [5, 5.41) is 23.7. The number of rotatable bonds is 12. The summed E-state index contributed by atoms with van der Waals surface area (Å²) in [5.74, 6) is -3.28. The fourth-order valence-electron chi connectivity index (χ4n) is 3.44. The average Bonchev–Trinajstić information content (AvgIpc) is 2.81. The number of nitrogens with one attached hydrogen (secondary N) is 2. The highest BCUT2D eigenvalue weighted by molar-refractivity contribution is 9.09. The van der Waals surface area contributed by atoms with E-state index in [9.17, 15) is 19.2 Å². The van der Waals surface area contributed by atoms with Crippen LogP contribution >= 0.6 is 31.9 Å². The Balaban J connectivity index is 2.07. The molecular weight excluding hydrogens is 586 g/mol. The molecule has 11 heteroatoms. The maximum Gasteiger partial charge on any atom is 0.326 e. The number of imide groups is 1. The van der Waals surface area contributed by atoms with Crippen LogP contribution in [0.15, 0.2) is 42.5 Å². The summed E-state index contributed by atoms with van der Waals surface area (Å²) in [7, 11) is 0. The lowest BCUT2D eigenvalue weighted by atomic mass is 9.98. The second kappa shape index (κ2) is 13.8. The van der Waals surface area contributed by atoms with Gasteiger partial charge in [0.15, 0.2) is 0 Å². The van der Waals surface area contributed by atoms with E-state index in [1.54, 1.807) is 24.3 Å². The fourth-order valence-corrected chi connectivity index (χ4v) is 4.29. The van der Waals surface area contributed by atoms with Gasteiger partial charge >= 0.3 is 18.0 Å². The number of anilines is 1. The number of nitrogens with zero attached hydrogens (tertiary/aromatic N) is 1. The van der Waals surface area contributed by atoms with E-state index in [1.807, 2.05) is 13.0 Å². The Kier molecular flexibility index (Phi) is 11.2. The Bertz CT molecular complexity index is 1060. The highest BCUT2D eigenvalue weighted by Crippen LogP contribution is 2.28. The number of carbonyl (C=O) groups is 4. The van der Waals surface area contributed by atoms with Gasteiger partial charge in [-0.15, -0.1) is 0 Å². The number of hydrogen-bond acceptors (Lipinski definition) is 5. The van der Waals surface area contributed by atoms with Crippen LogP contribution < -0.4 is 15.5 Å². The van der Waals surface area contributed by atoms with Crippen LogP contribution in [0.2, 0.25) is 0 Å². The SMILES string of the molecule is Cc1cc(N(CCBr)CCBr)ccc1-c1ccc(C(=O)NC(=O)NC(CCC(=O)O)C(=O)O)cc1. The van der Waals surface area contributed by atoms with E-state index in [0.717, 1.165) is 46.1 Å². The summed E-state index contributed by atoms with van der Waals surface area (Å²) in [6.07, 6.45) is -0.735. The van der Waals surface area contributed by atoms with E-state index in [-0.39, 0.29) is 12.0 Å². The molecule has 0 aromatic heterocycles. The minimum Gasteiger partial charge on any atom is -0.481 e. The van der Waals surface area contributed by atoms with Gasteiger partial charge < -0.3 is 20.4 Å². The van der Waals surface area contributed by atoms with Gasteiger partial charge in [0, 0.05) is 41.4 Å². The normalized spacial score (nSPS) is 11.4. The van der Waals surface area contributed by atoms with E-state index in [1.165, 1.54) is 0 Å². The van der Waals surface area contributed by atoms with Gasteiger partial charge in [-0.25, -0.2) is 9.59 Å². The molecule has 1 unspecified atom stereocenters. The zero-order chi connectivity index (χ0) is 26.0. The highest BCUT2D eigenvalue weighted by atomic mass is 79.9. The van der Waals surface area contributed by atoms with Gasteiger partial charge in [-0.3, -0.25) is 14.9 Å². The summed E-state index contributed by atoms with van der Waals surface area (Å²) in [4.78, 5) is 48.6. The molecule has 0 fully saturated rings. The van der Waals surface area contributed by atoms with Crippen LogP contribution in [0.4, 0.5) is 10.5 Å². The van der Waals surface area contributed by atoms with E-state index in [0.29, 0.717) is 0 Å². The quantitative estimate of drug-likeness (QED) is 0.266. The van der Waals surface area contributed by atoms with Crippen LogP contribution in [0, 0.1) is 6.92 Å². The molecular formula is C24H27Br2N3O6. The molecule has 0 aliphatic carbocycles. The number of aliphatic carboxylic acids is 2. The third-order valence-electron chi connectivity index (χ3n) is 5.22. The molecule has 4 N–H and O–H groups in total. The molecule has 0 aliphatic heterocycles. The Labute approximate surface area is 220 Å². The topological polar surface area (TPSA) is 136 Å². The number of urea groups is 1. The molecule has 35 heavy (non-hydrogen) atoms. The Morgan fingerprint density at radius 1 is 0.971 bits per heavy atom. The monoisotopic (exact) mass is 611 g/mol. The maximum absolute atomic E-state index is 12.4. The van der Waals surface area contributed by atoms with Crippen LogP contribution in [0.5, 0.6) is 0 Å². The molecule has 0 aliphatic rings. The number of carbonyl (C=O) groups excluding carboxylic acids is 2. The number of carboxylic acid groups (broad SMARTS) is 2. The van der Waals surface area contributed by atoms with Gasteiger partial charge in [0.2, 0.25) is 0 Å². The number of halogens is 2. The van der Waals surface area contributed by atoms with Crippen molar-refractivity contribution in [3.8, 4) is 11.1 Å². The van der Waals surface area contributed by atoms with Gasteiger partial charge in [0.1, 0.15) is 6.04 Å². The van der Waals surface area contributed by atoms with Gasteiger partial charge in [-0.2, -0.15) is 0 Å². The molecule has 188 valence electrons. The molecule has 2 aromatic rings. The lowest BCUT2D eigenvalue weighted by Crippen LogP contribution is -2.47. The van der Waals surface area contributed by atoms with Crippen molar-refractivity contribution in [2.75, 3.05) is 28.6 Å². The van der Waals surface area contributed by atoms with Crippen LogP contribution in [0.1, 0.15) is 28.8 Å². The van der Waals surface area contributed by atoms with Gasteiger partial charge in [0.05, 0.1) is 0 Å². The lowest BCUT2D eigenvalue weighted by Gasteiger charge is -2.24. The number of benzene rings is 2. The van der Waals surface area contributed by atoms with Crippen molar-refractivity contribution in [3.05, 3.63) is 53.6 Å². The first kappa shape index (κ1) is 28.3. The molecule has 0 heterocycles. The molecule has 2 aromatic carbocycles. The zero-order valence-corrected chi connectivity index (χ0v) is 22.3. The number of aryl methyl sites for hydroxylation is 1. The molecule has 0 saturated carbocycles. The van der Waals surface area contributed by atoms with Crippen LogP contribution in [0.25, 0.3) is 11.1 Å². The van der Waals surface area contributed by atoms with Crippen molar-refractivity contribution >= 4 is 61.4 Å². The van der Waals surface area contributed by atoms with E-state index >= 15 is 0 Å². The number of carboxylic acids is 2. The first-order valence-corrected chi connectivity index (χ1v) is 13.0. The van der Waals surface area contributed by atoms with Gasteiger partial charge in [0.25, 0.3) is 5.91 Å². The zero-order valence-electron chi connectivity index (χ0n) is 19.1. The smallest absolute Gasteiger partial charge is 0.326 e. The third kappa shape index (κ3) is 8.66. The number of amides is 3. The second-order valence-corrected chi connectivity index (χ2v) is 9.28. The molecule has 1 atom stereocenters. The third-order valence-corrected chi connectivity index (χ3v) is 5.93. The van der Waals surface area contributed by atoms with Crippen LogP contribution in [0.3, 0.4) is 0 Å². The summed E-state index contributed by atoms with van der Waals surface area (Å²) in [5.41, 5.74) is 4.34. The van der Waals surface area contributed by atoms with E-state index in [2.05, 4.69) is 59.5 Å². The predicted octanol–water partition coefficient (Wildman–Crippen LogP) is 4.02. The Morgan fingerprint density at radius 3 is 2.11 bits per heavy atom. The average molecular weight is 613 g/mol. The summed E-state index contributed by atoms with van der Waals surface area (Å²) in [6.45, 7) is 3.79. The van der Waals surface area contributed by atoms with Crippen molar-refractivity contribution in [2.45, 2.75) is 25.8 Å². The van der Waals surface area contributed by atoms with Crippen molar-refractivity contribution in [2.24, 2.45) is 0 Å².